The summed E-state index contributed by atoms with van der Waals surface area (Å²) in [7, 11) is -1.86. The molecule has 0 atom stereocenters. The molecule has 0 spiro atoms. The highest BCUT2D eigenvalue weighted by atomic mass is 28.3. The Morgan fingerprint density at radius 3 is 1.69 bits per heavy atom. The molecular weight excluding hydrogens is 192 g/mol. The zero-order valence-electron chi connectivity index (χ0n) is 9.28. The minimum Gasteiger partial charge on any atom is -0.382 e. The Labute approximate surface area is 84.3 Å². The molecule has 0 unspecified atom stereocenters. The number of hydrogen-bond acceptors (Lipinski definition) is 2. The molecule has 0 aromatic rings. The second-order valence-corrected chi connectivity index (χ2v) is 12.4. The monoisotopic (exact) mass is 212 g/mol. The van der Waals surface area contributed by atoms with E-state index in [2.05, 4.69) is 66.7 Å². The highest BCUT2D eigenvalue weighted by Gasteiger charge is 2.21. The maximum atomic E-state index is 2.38. The molecule has 0 N–H and O–H groups in total. The average Bonchev–Trinajstić information content (AvgIpc) is 2.03. The van der Waals surface area contributed by atoms with Crippen LogP contribution in [0.5, 0.6) is 0 Å². The molecule has 0 aromatic heterocycles. The number of nitrogens with zero attached hydrogens (tertiary/aromatic N) is 2. The lowest BCUT2D eigenvalue weighted by Crippen LogP contribution is -2.41. The molecule has 0 bridgehead atoms. The first-order chi connectivity index (χ1) is 5.91. The maximum Gasteiger partial charge on any atom is 0.152 e. The second-order valence-electron chi connectivity index (χ2n) is 4.72. The summed E-state index contributed by atoms with van der Waals surface area (Å²) in [6, 6.07) is 0. The summed E-state index contributed by atoms with van der Waals surface area (Å²) < 4.78 is 4.73. The van der Waals surface area contributed by atoms with Gasteiger partial charge in [0.05, 0.1) is 0 Å². The lowest BCUT2D eigenvalue weighted by Gasteiger charge is -2.34. The molecule has 1 rings (SSSR count). The van der Waals surface area contributed by atoms with Crippen molar-refractivity contribution in [2.24, 2.45) is 0 Å². The average molecular weight is 212 g/mol. The molecule has 1 heterocycles. The van der Waals surface area contributed by atoms with E-state index in [4.69, 9.17) is 0 Å². The first-order valence-corrected chi connectivity index (χ1v) is 11.1. The highest BCUT2D eigenvalue weighted by Crippen LogP contribution is 2.15. The van der Waals surface area contributed by atoms with Gasteiger partial charge in [0.15, 0.2) is 8.24 Å². The third kappa shape index (κ3) is 2.74. The van der Waals surface area contributed by atoms with Crippen LogP contribution < -0.4 is 0 Å². The van der Waals surface area contributed by atoms with Gasteiger partial charge in [-0.25, -0.2) is 0 Å². The standard InChI is InChI=1S/C9H20N2Si2/c1-12(2)10-6-8-11(9-7-10)13(3,4)5/h6-9,12H,1-5H3. The van der Waals surface area contributed by atoms with Crippen LogP contribution in [-0.2, 0) is 0 Å². The Morgan fingerprint density at radius 1 is 0.923 bits per heavy atom. The summed E-state index contributed by atoms with van der Waals surface area (Å²) in [5, 5.41) is 0. The van der Waals surface area contributed by atoms with Gasteiger partial charge in [-0.3, -0.25) is 0 Å². The van der Waals surface area contributed by atoms with Crippen LogP contribution in [0.4, 0.5) is 0 Å². The van der Waals surface area contributed by atoms with Crippen LogP contribution in [0.3, 0.4) is 0 Å². The van der Waals surface area contributed by atoms with Gasteiger partial charge in [-0.2, -0.15) is 0 Å². The van der Waals surface area contributed by atoms with E-state index in [0.717, 1.165) is 0 Å². The van der Waals surface area contributed by atoms with Crippen LogP contribution in [0.15, 0.2) is 24.8 Å². The first kappa shape index (κ1) is 10.6. The van der Waals surface area contributed by atoms with Gasteiger partial charge in [-0.1, -0.05) is 32.7 Å². The van der Waals surface area contributed by atoms with Crippen molar-refractivity contribution in [2.75, 3.05) is 0 Å². The van der Waals surface area contributed by atoms with E-state index in [0.29, 0.717) is 0 Å². The Balaban J connectivity index is 2.64. The van der Waals surface area contributed by atoms with Crippen molar-refractivity contribution in [3.8, 4) is 0 Å². The SMILES string of the molecule is C[SiH](C)N1C=CN([Si](C)(C)C)C=C1. The first-order valence-electron chi connectivity index (χ1n) is 4.84. The van der Waals surface area contributed by atoms with Gasteiger partial charge in [-0.15, -0.1) is 0 Å². The van der Waals surface area contributed by atoms with E-state index in [-0.39, 0.29) is 0 Å². The van der Waals surface area contributed by atoms with E-state index >= 15 is 0 Å². The molecule has 0 saturated heterocycles. The van der Waals surface area contributed by atoms with E-state index < -0.39 is 17.2 Å². The molecular formula is C9H20N2Si2. The van der Waals surface area contributed by atoms with Crippen molar-refractivity contribution >= 4 is 17.2 Å². The largest absolute Gasteiger partial charge is 0.382 e. The third-order valence-corrected chi connectivity index (χ3v) is 5.55. The lowest BCUT2D eigenvalue weighted by atomic mass is 10.7. The molecule has 2 nitrogen and oxygen atoms in total. The smallest absolute Gasteiger partial charge is 0.152 e. The molecule has 4 heteroatoms. The van der Waals surface area contributed by atoms with Crippen molar-refractivity contribution in [3.63, 3.8) is 0 Å². The predicted octanol–water partition coefficient (Wildman–Crippen LogP) is 2.36. The van der Waals surface area contributed by atoms with Crippen LogP contribution in [0.1, 0.15) is 0 Å². The van der Waals surface area contributed by atoms with Gasteiger partial charge in [0, 0.05) is 24.8 Å². The van der Waals surface area contributed by atoms with Crippen LogP contribution in [-0.4, -0.2) is 26.3 Å². The van der Waals surface area contributed by atoms with Crippen molar-refractivity contribution in [3.05, 3.63) is 24.8 Å². The summed E-state index contributed by atoms with van der Waals surface area (Å²) in [6.45, 7) is 11.7. The maximum absolute atomic E-state index is 2.38. The molecule has 0 aliphatic carbocycles. The van der Waals surface area contributed by atoms with Crippen LogP contribution in [0.2, 0.25) is 32.7 Å². The van der Waals surface area contributed by atoms with Gasteiger partial charge >= 0.3 is 0 Å². The molecule has 0 amide bonds. The summed E-state index contributed by atoms with van der Waals surface area (Å²) in [5.41, 5.74) is 0. The van der Waals surface area contributed by atoms with E-state index in [1.807, 2.05) is 0 Å². The zero-order valence-corrected chi connectivity index (χ0v) is 11.4. The van der Waals surface area contributed by atoms with E-state index in [9.17, 15) is 0 Å². The van der Waals surface area contributed by atoms with Crippen molar-refractivity contribution in [1.82, 2.24) is 9.13 Å². The zero-order chi connectivity index (χ0) is 10.1. The number of hydrogen-bond donors (Lipinski definition) is 0. The Kier molecular flexibility index (Phi) is 3.03. The van der Waals surface area contributed by atoms with Crippen molar-refractivity contribution in [2.45, 2.75) is 32.7 Å². The molecule has 0 saturated carbocycles. The Morgan fingerprint density at radius 2 is 1.38 bits per heavy atom. The molecule has 1 aliphatic rings. The minimum atomic E-state index is -1.17. The summed E-state index contributed by atoms with van der Waals surface area (Å²) in [6.07, 6.45) is 8.88. The lowest BCUT2D eigenvalue weighted by molar-refractivity contribution is 0.652. The highest BCUT2D eigenvalue weighted by molar-refractivity contribution is 6.73. The quantitative estimate of drug-likeness (QED) is 0.649. The molecule has 0 aromatic carbocycles. The molecule has 13 heavy (non-hydrogen) atoms. The van der Waals surface area contributed by atoms with Gasteiger partial charge in [0.2, 0.25) is 0 Å². The topological polar surface area (TPSA) is 6.48 Å². The summed E-state index contributed by atoms with van der Waals surface area (Å²) in [4.78, 5) is 0. The number of rotatable bonds is 2. The minimum absolute atomic E-state index is 0.685. The van der Waals surface area contributed by atoms with Crippen LogP contribution in [0, 0.1) is 0 Å². The summed E-state index contributed by atoms with van der Waals surface area (Å²) >= 11 is 0. The molecule has 74 valence electrons. The molecule has 0 radical (unpaired) electrons. The Hall–Kier alpha value is -0.486. The van der Waals surface area contributed by atoms with Crippen LogP contribution >= 0.6 is 0 Å². The fraction of sp³-hybridized carbons (Fsp3) is 0.556. The fourth-order valence-electron chi connectivity index (χ4n) is 1.19. The fourth-order valence-corrected chi connectivity index (χ4v) is 3.06. The Bertz CT molecular complexity index is 214. The van der Waals surface area contributed by atoms with Crippen molar-refractivity contribution in [1.29, 1.82) is 0 Å². The second kappa shape index (κ2) is 3.71. The van der Waals surface area contributed by atoms with Gasteiger partial charge in [0.25, 0.3) is 0 Å². The van der Waals surface area contributed by atoms with E-state index in [1.54, 1.807) is 0 Å². The van der Waals surface area contributed by atoms with Gasteiger partial charge < -0.3 is 9.13 Å². The molecule has 0 fully saturated rings. The third-order valence-electron chi connectivity index (χ3n) is 2.17. The van der Waals surface area contributed by atoms with Crippen molar-refractivity contribution < 1.29 is 0 Å². The van der Waals surface area contributed by atoms with E-state index in [1.165, 1.54) is 0 Å². The summed E-state index contributed by atoms with van der Waals surface area (Å²) in [5.74, 6) is 0. The van der Waals surface area contributed by atoms with Gasteiger partial charge in [0.1, 0.15) is 8.96 Å². The predicted molar refractivity (Wildman–Crippen MR) is 64.2 cm³/mol. The normalized spacial score (nSPS) is 17.4. The molecule has 1 aliphatic heterocycles. The van der Waals surface area contributed by atoms with Crippen LogP contribution in [0.25, 0.3) is 0 Å². The van der Waals surface area contributed by atoms with Gasteiger partial charge in [-0.05, 0) is 0 Å².